The van der Waals surface area contributed by atoms with E-state index in [2.05, 4.69) is 10.5 Å². The van der Waals surface area contributed by atoms with Crippen LogP contribution in [-0.2, 0) is 9.63 Å². The average Bonchev–Trinajstić information content (AvgIpc) is 2.96. The van der Waals surface area contributed by atoms with Crippen molar-refractivity contribution in [3.8, 4) is 5.75 Å². The molecular weight excluding hydrogens is 256 g/mol. The number of carbonyl (C=O) groups is 1. The first-order chi connectivity index (χ1) is 9.65. The topological polar surface area (TPSA) is 59.9 Å². The molecule has 1 N–H and O–H groups in total. The van der Waals surface area contributed by atoms with Gasteiger partial charge in [0.05, 0.1) is 12.8 Å². The molecule has 0 unspecified atom stereocenters. The molecule has 1 aliphatic rings. The Balaban J connectivity index is 2.03. The van der Waals surface area contributed by atoms with E-state index in [4.69, 9.17) is 9.57 Å². The fraction of sp³-hybridized carbons (Fsp3) is 0.467. The molecule has 1 amide bonds. The number of carbonyl (C=O) groups excluding carboxylic acids is 1. The molecule has 5 heteroatoms. The number of nitrogens with one attached hydrogen (secondary N) is 1. The van der Waals surface area contributed by atoms with E-state index in [9.17, 15) is 4.79 Å². The monoisotopic (exact) mass is 276 g/mol. The van der Waals surface area contributed by atoms with Crippen molar-refractivity contribution in [2.24, 2.45) is 5.16 Å². The SMILES string of the molecule is CC[C@H](C)NC(=O)[C@H]1CC(c2ccccc2OC)=NO1. The minimum absolute atomic E-state index is 0.118. The summed E-state index contributed by atoms with van der Waals surface area (Å²) < 4.78 is 5.30. The highest BCUT2D eigenvalue weighted by molar-refractivity contribution is 6.05. The second kappa shape index (κ2) is 6.41. The first-order valence-corrected chi connectivity index (χ1v) is 6.82. The maximum absolute atomic E-state index is 12.0. The van der Waals surface area contributed by atoms with Gasteiger partial charge in [0.1, 0.15) is 5.75 Å². The molecule has 0 fully saturated rings. The Morgan fingerprint density at radius 1 is 1.55 bits per heavy atom. The molecule has 5 nitrogen and oxygen atoms in total. The lowest BCUT2D eigenvalue weighted by Gasteiger charge is -2.14. The molecular formula is C15H20N2O3. The second-order valence-electron chi connectivity index (χ2n) is 4.85. The summed E-state index contributed by atoms with van der Waals surface area (Å²) in [7, 11) is 1.61. The van der Waals surface area contributed by atoms with Gasteiger partial charge in [0.15, 0.2) is 0 Å². The van der Waals surface area contributed by atoms with Crippen molar-refractivity contribution in [2.45, 2.75) is 38.8 Å². The van der Waals surface area contributed by atoms with Crippen LogP contribution in [0.1, 0.15) is 32.3 Å². The van der Waals surface area contributed by atoms with Crippen LogP contribution in [0.2, 0.25) is 0 Å². The molecule has 0 bridgehead atoms. The van der Waals surface area contributed by atoms with Crippen molar-refractivity contribution in [2.75, 3.05) is 7.11 Å². The zero-order chi connectivity index (χ0) is 14.5. The van der Waals surface area contributed by atoms with Crippen molar-refractivity contribution in [1.29, 1.82) is 0 Å². The van der Waals surface area contributed by atoms with E-state index < -0.39 is 6.10 Å². The Labute approximate surface area is 118 Å². The van der Waals surface area contributed by atoms with E-state index in [1.807, 2.05) is 38.1 Å². The summed E-state index contributed by atoms with van der Waals surface area (Å²) in [4.78, 5) is 17.3. The van der Waals surface area contributed by atoms with Crippen molar-refractivity contribution < 1.29 is 14.4 Å². The Kier molecular flexibility index (Phi) is 4.61. The lowest BCUT2D eigenvalue weighted by atomic mass is 10.0. The van der Waals surface area contributed by atoms with Gasteiger partial charge in [-0.25, -0.2) is 0 Å². The van der Waals surface area contributed by atoms with Gasteiger partial charge in [0.25, 0.3) is 5.91 Å². The number of hydrogen-bond acceptors (Lipinski definition) is 4. The van der Waals surface area contributed by atoms with Gasteiger partial charge in [-0.3, -0.25) is 4.79 Å². The number of benzene rings is 1. The standard InChI is InChI=1S/C15H20N2O3/c1-4-10(2)16-15(18)14-9-12(17-20-14)11-7-5-6-8-13(11)19-3/h5-8,10,14H,4,9H2,1-3H3,(H,16,18)/t10-,14+/m0/s1. The van der Waals surface area contributed by atoms with E-state index in [0.717, 1.165) is 23.4 Å². The first kappa shape index (κ1) is 14.4. The second-order valence-corrected chi connectivity index (χ2v) is 4.85. The highest BCUT2D eigenvalue weighted by Gasteiger charge is 2.30. The third kappa shape index (κ3) is 3.10. The quantitative estimate of drug-likeness (QED) is 0.896. The van der Waals surface area contributed by atoms with Crippen LogP contribution in [0.3, 0.4) is 0 Å². The minimum atomic E-state index is -0.552. The number of hydrogen-bond donors (Lipinski definition) is 1. The van der Waals surface area contributed by atoms with Crippen molar-refractivity contribution >= 4 is 11.6 Å². The van der Waals surface area contributed by atoms with Gasteiger partial charge < -0.3 is 14.9 Å². The molecule has 0 saturated carbocycles. The molecule has 108 valence electrons. The van der Waals surface area contributed by atoms with Crippen molar-refractivity contribution in [1.82, 2.24) is 5.32 Å². The van der Waals surface area contributed by atoms with E-state index >= 15 is 0 Å². The van der Waals surface area contributed by atoms with E-state index in [1.54, 1.807) is 7.11 Å². The number of rotatable bonds is 5. The van der Waals surface area contributed by atoms with Gasteiger partial charge in [-0.15, -0.1) is 0 Å². The smallest absolute Gasteiger partial charge is 0.264 e. The zero-order valence-electron chi connectivity index (χ0n) is 12.1. The largest absolute Gasteiger partial charge is 0.496 e. The fourth-order valence-corrected chi connectivity index (χ4v) is 2.00. The van der Waals surface area contributed by atoms with E-state index in [-0.39, 0.29) is 11.9 Å². The van der Waals surface area contributed by atoms with Gasteiger partial charge in [0, 0.05) is 18.0 Å². The first-order valence-electron chi connectivity index (χ1n) is 6.82. The summed E-state index contributed by atoms with van der Waals surface area (Å²) in [5.74, 6) is 0.617. The lowest BCUT2D eigenvalue weighted by Crippen LogP contribution is -2.39. The Morgan fingerprint density at radius 2 is 2.30 bits per heavy atom. The number of amides is 1. The van der Waals surface area contributed by atoms with Crippen LogP contribution in [0.15, 0.2) is 29.4 Å². The highest BCUT2D eigenvalue weighted by Crippen LogP contribution is 2.24. The van der Waals surface area contributed by atoms with Gasteiger partial charge in [-0.1, -0.05) is 24.2 Å². The third-order valence-electron chi connectivity index (χ3n) is 3.38. The van der Waals surface area contributed by atoms with Gasteiger partial charge in [-0.2, -0.15) is 0 Å². The van der Waals surface area contributed by atoms with Crippen LogP contribution >= 0.6 is 0 Å². The number of ether oxygens (including phenoxy) is 1. The predicted molar refractivity (Wildman–Crippen MR) is 76.9 cm³/mol. The number of nitrogens with zero attached hydrogens (tertiary/aromatic N) is 1. The van der Waals surface area contributed by atoms with Crippen LogP contribution in [0.5, 0.6) is 5.75 Å². The van der Waals surface area contributed by atoms with Crippen molar-refractivity contribution in [3.63, 3.8) is 0 Å². The third-order valence-corrected chi connectivity index (χ3v) is 3.38. The molecule has 20 heavy (non-hydrogen) atoms. The molecule has 0 aromatic heterocycles. The normalized spacial score (nSPS) is 18.9. The lowest BCUT2D eigenvalue weighted by molar-refractivity contribution is -0.131. The van der Waals surface area contributed by atoms with E-state index in [0.29, 0.717) is 6.42 Å². The van der Waals surface area contributed by atoms with Crippen molar-refractivity contribution in [3.05, 3.63) is 29.8 Å². The number of para-hydroxylation sites is 1. The number of methoxy groups -OCH3 is 1. The van der Waals surface area contributed by atoms with Gasteiger partial charge >= 0.3 is 0 Å². The van der Waals surface area contributed by atoms with E-state index in [1.165, 1.54) is 0 Å². The summed E-state index contributed by atoms with van der Waals surface area (Å²) in [6, 6.07) is 7.72. The molecule has 0 aliphatic carbocycles. The minimum Gasteiger partial charge on any atom is -0.496 e. The van der Waals surface area contributed by atoms with Crippen LogP contribution in [0, 0.1) is 0 Å². The fourth-order valence-electron chi connectivity index (χ4n) is 2.00. The van der Waals surface area contributed by atoms with Crippen LogP contribution in [0.4, 0.5) is 0 Å². The predicted octanol–water partition coefficient (Wildman–Crippen LogP) is 2.10. The molecule has 1 aliphatic heterocycles. The maximum Gasteiger partial charge on any atom is 0.264 e. The molecule has 0 radical (unpaired) electrons. The van der Waals surface area contributed by atoms with Crippen LogP contribution < -0.4 is 10.1 Å². The summed E-state index contributed by atoms with van der Waals surface area (Å²) in [6.07, 6.45) is 0.797. The maximum atomic E-state index is 12.0. The summed E-state index contributed by atoms with van der Waals surface area (Å²) in [5, 5.41) is 6.93. The average molecular weight is 276 g/mol. The highest BCUT2D eigenvalue weighted by atomic mass is 16.6. The van der Waals surface area contributed by atoms with Crippen LogP contribution in [-0.4, -0.2) is 30.9 Å². The number of oxime groups is 1. The summed E-state index contributed by atoms with van der Waals surface area (Å²) in [6.45, 7) is 3.99. The molecule has 2 atom stereocenters. The Morgan fingerprint density at radius 3 is 3.00 bits per heavy atom. The summed E-state index contributed by atoms with van der Waals surface area (Å²) in [5.41, 5.74) is 1.61. The molecule has 1 heterocycles. The molecule has 2 rings (SSSR count). The zero-order valence-corrected chi connectivity index (χ0v) is 12.1. The summed E-state index contributed by atoms with van der Waals surface area (Å²) >= 11 is 0. The molecule has 0 spiro atoms. The molecule has 1 aromatic carbocycles. The molecule has 0 saturated heterocycles. The van der Waals surface area contributed by atoms with Gasteiger partial charge in [-0.05, 0) is 25.5 Å². The molecule has 1 aromatic rings. The Hall–Kier alpha value is -2.04. The van der Waals surface area contributed by atoms with Crippen LogP contribution in [0.25, 0.3) is 0 Å². The van der Waals surface area contributed by atoms with Gasteiger partial charge in [0.2, 0.25) is 6.10 Å². The Bertz CT molecular complexity index is 514.